The molecule has 1 unspecified atom stereocenters. The predicted molar refractivity (Wildman–Crippen MR) is 103 cm³/mol. The van der Waals surface area contributed by atoms with Crippen molar-refractivity contribution in [1.29, 1.82) is 0 Å². The Balaban J connectivity index is 1.33. The number of nitrogens with zero attached hydrogens (tertiary/aromatic N) is 2. The van der Waals surface area contributed by atoms with Crippen LogP contribution in [0.3, 0.4) is 0 Å². The van der Waals surface area contributed by atoms with Crippen LogP contribution in [-0.4, -0.2) is 29.4 Å². The Morgan fingerprint density at radius 3 is 3.00 bits per heavy atom. The summed E-state index contributed by atoms with van der Waals surface area (Å²) in [7, 11) is 1.64. The van der Waals surface area contributed by atoms with E-state index in [9.17, 15) is 4.79 Å². The molecule has 6 nitrogen and oxygen atoms in total. The molecule has 0 saturated carbocycles. The highest BCUT2D eigenvalue weighted by molar-refractivity contribution is 7.10. The van der Waals surface area contributed by atoms with Gasteiger partial charge in [-0.3, -0.25) is 4.79 Å². The summed E-state index contributed by atoms with van der Waals surface area (Å²) in [5.41, 5.74) is 3.05. The average molecular weight is 383 g/mol. The fourth-order valence-electron chi connectivity index (χ4n) is 3.14. The monoisotopic (exact) mass is 383 g/mol. The van der Waals surface area contributed by atoms with Crippen LogP contribution in [0.5, 0.6) is 5.75 Å². The minimum absolute atomic E-state index is 0.0275. The van der Waals surface area contributed by atoms with E-state index < -0.39 is 0 Å². The zero-order valence-electron chi connectivity index (χ0n) is 15.1. The molecule has 0 aliphatic carbocycles. The molecule has 7 heteroatoms. The van der Waals surface area contributed by atoms with E-state index in [1.807, 2.05) is 36.5 Å². The molecule has 1 amide bonds. The maximum Gasteiger partial charge on any atom is 0.223 e. The van der Waals surface area contributed by atoms with Crippen LogP contribution < -0.4 is 10.1 Å². The summed E-state index contributed by atoms with van der Waals surface area (Å²) < 4.78 is 12.7. The van der Waals surface area contributed by atoms with Crippen LogP contribution in [0.15, 0.2) is 48.0 Å². The lowest BCUT2D eigenvalue weighted by Gasteiger charge is -2.22. The van der Waals surface area contributed by atoms with E-state index in [4.69, 9.17) is 9.47 Å². The summed E-state index contributed by atoms with van der Waals surface area (Å²) in [5.74, 6) is 0.775. The molecule has 140 valence electrons. The molecule has 0 fully saturated rings. The minimum Gasteiger partial charge on any atom is -0.497 e. The van der Waals surface area contributed by atoms with E-state index in [0.29, 0.717) is 19.6 Å². The summed E-state index contributed by atoms with van der Waals surface area (Å²) in [6.45, 7) is 1.07. The molecule has 1 aliphatic heterocycles. The average Bonchev–Trinajstić information content (AvgIpc) is 3.36. The highest BCUT2D eigenvalue weighted by atomic mass is 32.1. The molecule has 3 aromatic rings. The first-order valence-corrected chi connectivity index (χ1v) is 9.74. The smallest absolute Gasteiger partial charge is 0.223 e. The number of benzene rings is 1. The zero-order chi connectivity index (χ0) is 18.6. The molecule has 27 heavy (non-hydrogen) atoms. The number of methoxy groups -OCH3 is 1. The van der Waals surface area contributed by atoms with Crippen molar-refractivity contribution in [3.8, 4) is 11.4 Å². The van der Waals surface area contributed by atoms with E-state index in [0.717, 1.165) is 23.6 Å². The van der Waals surface area contributed by atoms with Crippen molar-refractivity contribution in [1.82, 2.24) is 15.1 Å². The Morgan fingerprint density at radius 1 is 1.33 bits per heavy atom. The highest BCUT2D eigenvalue weighted by Gasteiger charge is 2.24. The number of carbonyl (C=O) groups excluding carboxylic acids is 1. The van der Waals surface area contributed by atoms with Crippen molar-refractivity contribution in [3.05, 3.63) is 64.1 Å². The number of amides is 1. The molecular weight excluding hydrogens is 362 g/mol. The lowest BCUT2D eigenvalue weighted by Crippen LogP contribution is -2.27. The van der Waals surface area contributed by atoms with Gasteiger partial charge in [0.1, 0.15) is 11.9 Å². The maximum absolute atomic E-state index is 12.3. The van der Waals surface area contributed by atoms with Crippen LogP contribution in [0.25, 0.3) is 5.69 Å². The van der Waals surface area contributed by atoms with Crippen molar-refractivity contribution in [3.63, 3.8) is 0 Å². The molecule has 0 bridgehead atoms. The Hall–Kier alpha value is -2.64. The topological polar surface area (TPSA) is 65.4 Å². The Morgan fingerprint density at radius 2 is 2.19 bits per heavy atom. The van der Waals surface area contributed by atoms with Crippen LogP contribution in [-0.2, 0) is 22.5 Å². The molecule has 1 aliphatic rings. The molecule has 0 radical (unpaired) electrons. The van der Waals surface area contributed by atoms with E-state index in [1.54, 1.807) is 23.1 Å². The molecule has 3 heterocycles. The van der Waals surface area contributed by atoms with Crippen LogP contribution in [0, 0.1) is 0 Å². The molecule has 4 rings (SSSR count). The maximum atomic E-state index is 12.3. The van der Waals surface area contributed by atoms with Crippen molar-refractivity contribution in [2.45, 2.75) is 25.5 Å². The van der Waals surface area contributed by atoms with Gasteiger partial charge in [-0.2, -0.15) is 5.10 Å². The SMILES string of the molecule is COc1ccc(-n2ccc(CNC(=O)CC3OCCc4ccsc43)n2)cc1. The van der Waals surface area contributed by atoms with Gasteiger partial charge in [-0.1, -0.05) is 0 Å². The molecule has 1 N–H and O–H groups in total. The van der Waals surface area contributed by atoms with Gasteiger partial charge in [0.2, 0.25) is 5.91 Å². The number of carbonyl (C=O) groups is 1. The predicted octanol–water partition coefficient (Wildman–Crippen LogP) is 3.26. The van der Waals surface area contributed by atoms with Crippen molar-refractivity contribution in [2.24, 2.45) is 0 Å². The van der Waals surface area contributed by atoms with Gasteiger partial charge in [-0.25, -0.2) is 4.68 Å². The number of nitrogens with one attached hydrogen (secondary N) is 1. The Kier molecular flexibility index (Phi) is 5.22. The third kappa shape index (κ3) is 4.04. The van der Waals surface area contributed by atoms with Gasteiger partial charge >= 0.3 is 0 Å². The molecule has 2 aromatic heterocycles. The fraction of sp³-hybridized carbons (Fsp3) is 0.300. The third-order valence-corrected chi connectivity index (χ3v) is 5.63. The van der Waals surface area contributed by atoms with Gasteiger partial charge in [-0.15, -0.1) is 11.3 Å². The number of hydrogen-bond acceptors (Lipinski definition) is 5. The standard InChI is InChI=1S/C20H21N3O3S/c1-25-17-4-2-16(3-5-17)23-9-6-15(22-23)13-21-19(24)12-18-20-14(7-10-26-18)8-11-27-20/h2-6,8-9,11,18H,7,10,12-13H2,1H3,(H,21,24). The lowest BCUT2D eigenvalue weighted by atomic mass is 10.1. The van der Waals surface area contributed by atoms with E-state index in [-0.39, 0.29) is 12.0 Å². The zero-order valence-corrected chi connectivity index (χ0v) is 15.9. The van der Waals surface area contributed by atoms with Gasteiger partial charge in [0.05, 0.1) is 38.1 Å². The second-order valence-electron chi connectivity index (χ2n) is 6.35. The highest BCUT2D eigenvalue weighted by Crippen LogP contribution is 2.33. The number of ether oxygens (including phenoxy) is 2. The van der Waals surface area contributed by atoms with Gasteiger partial charge in [-0.05, 0) is 53.8 Å². The number of thiophene rings is 1. The normalized spacial score (nSPS) is 16.0. The van der Waals surface area contributed by atoms with Crippen LogP contribution >= 0.6 is 11.3 Å². The van der Waals surface area contributed by atoms with Crippen molar-refractivity contribution >= 4 is 17.2 Å². The Labute approximate surface area is 161 Å². The van der Waals surface area contributed by atoms with Gasteiger partial charge < -0.3 is 14.8 Å². The summed E-state index contributed by atoms with van der Waals surface area (Å²) in [4.78, 5) is 13.5. The van der Waals surface area contributed by atoms with Gasteiger partial charge in [0, 0.05) is 11.1 Å². The number of rotatable bonds is 6. The molecule has 1 aromatic carbocycles. The van der Waals surface area contributed by atoms with E-state index >= 15 is 0 Å². The fourth-order valence-corrected chi connectivity index (χ4v) is 4.14. The molecule has 0 spiro atoms. The third-order valence-electron chi connectivity index (χ3n) is 4.58. The van der Waals surface area contributed by atoms with Crippen LogP contribution in [0.1, 0.15) is 28.7 Å². The van der Waals surface area contributed by atoms with Crippen molar-refractivity contribution < 1.29 is 14.3 Å². The second-order valence-corrected chi connectivity index (χ2v) is 7.30. The van der Waals surface area contributed by atoms with E-state index in [1.165, 1.54) is 10.4 Å². The largest absolute Gasteiger partial charge is 0.497 e. The second kappa shape index (κ2) is 7.94. The quantitative estimate of drug-likeness (QED) is 0.710. The van der Waals surface area contributed by atoms with Crippen molar-refractivity contribution in [2.75, 3.05) is 13.7 Å². The summed E-state index contributed by atoms with van der Waals surface area (Å²) in [5, 5.41) is 9.52. The first-order valence-electron chi connectivity index (χ1n) is 8.86. The number of fused-ring (bicyclic) bond motifs is 1. The minimum atomic E-state index is -0.134. The molecular formula is C20H21N3O3S. The van der Waals surface area contributed by atoms with Gasteiger partial charge in [0.25, 0.3) is 0 Å². The Bertz CT molecular complexity index is 917. The van der Waals surface area contributed by atoms with E-state index in [2.05, 4.69) is 21.9 Å². The number of hydrogen-bond donors (Lipinski definition) is 1. The summed E-state index contributed by atoms with van der Waals surface area (Å²) >= 11 is 1.66. The molecule has 1 atom stereocenters. The first kappa shape index (κ1) is 17.8. The lowest BCUT2D eigenvalue weighted by molar-refractivity contribution is -0.124. The summed E-state index contributed by atoms with van der Waals surface area (Å²) in [6, 6.07) is 11.7. The molecule has 0 saturated heterocycles. The van der Waals surface area contributed by atoms with Gasteiger partial charge in [0.15, 0.2) is 0 Å². The van der Waals surface area contributed by atoms with Crippen LogP contribution in [0.2, 0.25) is 0 Å². The summed E-state index contributed by atoms with van der Waals surface area (Å²) in [6.07, 6.45) is 3.02. The van der Waals surface area contributed by atoms with Crippen LogP contribution in [0.4, 0.5) is 0 Å². The number of aromatic nitrogens is 2. The first-order chi connectivity index (χ1) is 13.2.